The molecule has 0 unspecified atom stereocenters. The number of halogens is 3. The minimum absolute atomic E-state index is 0.122. The van der Waals surface area contributed by atoms with Gasteiger partial charge in [0.1, 0.15) is 16.5 Å². The predicted octanol–water partition coefficient (Wildman–Crippen LogP) is 6.58. The Balaban J connectivity index is 1.87. The van der Waals surface area contributed by atoms with Gasteiger partial charge < -0.3 is 9.50 Å². The lowest BCUT2D eigenvalue weighted by Crippen LogP contribution is -2.14. The Kier molecular flexibility index (Phi) is 7.90. The highest BCUT2D eigenvalue weighted by Crippen LogP contribution is 2.37. The van der Waals surface area contributed by atoms with E-state index in [9.17, 15) is 18.5 Å². The van der Waals surface area contributed by atoms with Crippen LogP contribution >= 0.6 is 34.8 Å². The molecule has 0 radical (unpaired) electrons. The summed E-state index contributed by atoms with van der Waals surface area (Å²) >= 11 is 18.2. The van der Waals surface area contributed by atoms with Gasteiger partial charge in [-0.2, -0.15) is 13.7 Å². The first-order chi connectivity index (χ1) is 16.0. The Morgan fingerprint density at radius 1 is 1.00 bits per heavy atom. The number of rotatable bonds is 6. The Bertz CT molecular complexity index is 1420. The van der Waals surface area contributed by atoms with E-state index in [2.05, 4.69) is 5.32 Å². The summed E-state index contributed by atoms with van der Waals surface area (Å²) in [5.41, 5.74) is 2.56. The van der Waals surface area contributed by atoms with Crippen molar-refractivity contribution in [3.8, 4) is 11.8 Å². The third kappa shape index (κ3) is 6.10. The van der Waals surface area contributed by atoms with Crippen molar-refractivity contribution in [3.63, 3.8) is 0 Å². The maximum Gasteiger partial charge on any atom is 0.339 e. The van der Waals surface area contributed by atoms with Gasteiger partial charge in [0, 0.05) is 10.7 Å². The van der Waals surface area contributed by atoms with E-state index in [1.165, 1.54) is 42.5 Å². The van der Waals surface area contributed by atoms with Crippen molar-refractivity contribution in [2.75, 3.05) is 5.32 Å². The molecule has 0 atom stereocenters. The second-order valence-corrected chi connectivity index (χ2v) is 10.0. The molecule has 1 amide bonds. The molecule has 0 heterocycles. The molecule has 1 N–H and O–H groups in total. The number of carbonyl (C=O) groups is 1. The minimum atomic E-state index is -4.23. The number of benzene rings is 3. The predicted molar refractivity (Wildman–Crippen MR) is 134 cm³/mol. The molecular weight excluding hydrogens is 519 g/mol. The summed E-state index contributed by atoms with van der Waals surface area (Å²) in [5.74, 6) is -0.902. The molecule has 174 valence electrons. The lowest BCUT2D eigenvalue weighted by molar-refractivity contribution is -0.112. The van der Waals surface area contributed by atoms with Gasteiger partial charge in [0.2, 0.25) is 0 Å². The number of hydrogen-bond acceptors (Lipinski definition) is 5. The van der Waals surface area contributed by atoms with Gasteiger partial charge in [-0.1, -0.05) is 52.5 Å². The largest absolute Gasteiger partial charge is 0.376 e. The standard InChI is InChI=1S/C24H17Cl3N2O4S/c1-14-3-8-22(15(2)9-14)29-24(30)17(13-28)10-16-11-20(26)23(21(27)12-16)33-34(31,32)19-6-4-18(25)5-7-19/h3-12H,1-2H3,(H,29,30)/b17-10+. The van der Waals surface area contributed by atoms with Gasteiger partial charge in [-0.3, -0.25) is 4.79 Å². The Morgan fingerprint density at radius 2 is 1.62 bits per heavy atom. The zero-order chi connectivity index (χ0) is 25.0. The van der Waals surface area contributed by atoms with Crippen LogP contribution in [0.1, 0.15) is 16.7 Å². The number of nitriles is 1. The van der Waals surface area contributed by atoms with Crippen LogP contribution in [-0.2, 0) is 14.9 Å². The zero-order valence-corrected chi connectivity index (χ0v) is 21.0. The van der Waals surface area contributed by atoms with Gasteiger partial charge in [-0.25, -0.2) is 0 Å². The summed E-state index contributed by atoms with van der Waals surface area (Å²) < 4.78 is 30.2. The van der Waals surface area contributed by atoms with Crippen LogP contribution in [0, 0.1) is 25.2 Å². The lowest BCUT2D eigenvalue weighted by atomic mass is 10.1. The molecule has 0 aliphatic carbocycles. The quantitative estimate of drug-likeness (QED) is 0.218. The zero-order valence-electron chi connectivity index (χ0n) is 17.9. The first kappa shape index (κ1) is 25.6. The fourth-order valence-corrected chi connectivity index (χ4v) is 4.72. The van der Waals surface area contributed by atoms with E-state index in [1.807, 2.05) is 32.0 Å². The molecular formula is C24H17Cl3N2O4S. The molecule has 0 aromatic heterocycles. The van der Waals surface area contributed by atoms with Crippen molar-refractivity contribution in [3.05, 3.63) is 91.9 Å². The smallest absolute Gasteiger partial charge is 0.339 e. The summed E-state index contributed by atoms with van der Waals surface area (Å²) in [6, 6.07) is 15.4. The van der Waals surface area contributed by atoms with Crippen LogP contribution in [0.5, 0.6) is 5.75 Å². The van der Waals surface area contributed by atoms with Gasteiger partial charge in [-0.05, 0) is 73.5 Å². The van der Waals surface area contributed by atoms with Gasteiger partial charge >= 0.3 is 10.1 Å². The molecule has 34 heavy (non-hydrogen) atoms. The number of hydrogen-bond donors (Lipinski definition) is 1. The lowest BCUT2D eigenvalue weighted by Gasteiger charge is -2.11. The molecule has 3 rings (SSSR count). The minimum Gasteiger partial charge on any atom is -0.376 e. The fourth-order valence-electron chi connectivity index (χ4n) is 2.96. The maximum atomic E-state index is 12.6. The Morgan fingerprint density at radius 3 is 2.18 bits per heavy atom. The van der Waals surface area contributed by atoms with Crippen LogP contribution in [0.3, 0.4) is 0 Å². The van der Waals surface area contributed by atoms with E-state index < -0.39 is 16.0 Å². The highest BCUT2D eigenvalue weighted by atomic mass is 35.5. The van der Waals surface area contributed by atoms with E-state index in [1.54, 1.807) is 6.07 Å². The van der Waals surface area contributed by atoms with Gasteiger partial charge in [-0.15, -0.1) is 0 Å². The molecule has 3 aromatic rings. The normalized spacial score (nSPS) is 11.6. The molecule has 0 saturated heterocycles. The number of anilines is 1. The third-order valence-corrected chi connectivity index (χ3v) is 6.67. The van der Waals surface area contributed by atoms with Crippen LogP contribution in [0.4, 0.5) is 5.69 Å². The number of nitrogens with one attached hydrogen (secondary N) is 1. The van der Waals surface area contributed by atoms with Crippen LogP contribution in [0.25, 0.3) is 6.08 Å². The van der Waals surface area contributed by atoms with E-state index >= 15 is 0 Å². The number of nitrogens with zero attached hydrogens (tertiary/aromatic N) is 1. The SMILES string of the molecule is Cc1ccc(NC(=O)/C(C#N)=C/c2cc(Cl)c(OS(=O)(=O)c3ccc(Cl)cc3)c(Cl)c2)c(C)c1. The fraction of sp³-hybridized carbons (Fsp3) is 0.0833. The number of aryl methyl sites for hydroxylation is 2. The molecule has 0 bridgehead atoms. The first-order valence-corrected chi connectivity index (χ1v) is 12.2. The van der Waals surface area contributed by atoms with E-state index in [0.29, 0.717) is 16.3 Å². The van der Waals surface area contributed by atoms with E-state index in [-0.39, 0.29) is 26.3 Å². The summed E-state index contributed by atoms with van der Waals surface area (Å²) in [6.07, 6.45) is 1.29. The number of amides is 1. The molecule has 0 aliphatic heterocycles. The molecule has 10 heteroatoms. The van der Waals surface area contributed by atoms with Crippen molar-refractivity contribution in [1.82, 2.24) is 0 Å². The summed E-state index contributed by atoms with van der Waals surface area (Å²) in [6.45, 7) is 3.77. The molecule has 0 aliphatic rings. The maximum absolute atomic E-state index is 12.6. The first-order valence-electron chi connectivity index (χ1n) is 9.69. The van der Waals surface area contributed by atoms with Crippen LogP contribution in [0.15, 0.2) is 65.1 Å². The van der Waals surface area contributed by atoms with Crippen LogP contribution in [-0.4, -0.2) is 14.3 Å². The Labute approximate surface area is 212 Å². The molecule has 0 fully saturated rings. The molecule has 6 nitrogen and oxygen atoms in total. The van der Waals surface area contributed by atoms with Crippen LogP contribution in [0.2, 0.25) is 15.1 Å². The van der Waals surface area contributed by atoms with Crippen LogP contribution < -0.4 is 9.50 Å². The van der Waals surface area contributed by atoms with Crippen molar-refractivity contribution < 1.29 is 17.4 Å². The highest BCUT2D eigenvalue weighted by molar-refractivity contribution is 7.87. The summed E-state index contributed by atoms with van der Waals surface area (Å²) in [7, 11) is -4.23. The molecule has 3 aromatic carbocycles. The van der Waals surface area contributed by atoms with Gasteiger partial charge in [0.05, 0.1) is 10.0 Å². The summed E-state index contributed by atoms with van der Waals surface area (Å²) in [4.78, 5) is 12.5. The monoisotopic (exact) mass is 534 g/mol. The summed E-state index contributed by atoms with van der Waals surface area (Å²) in [5, 5.41) is 12.3. The highest BCUT2D eigenvalue weighted by Gasteiger charge is 2.21. The molecule has 0 saturated carbocycles. The average Bonchev–Trinajstić information content (AvgIpc) is 2.76. The van der Waals surface area contributed by atoms with Crippen molar-refractivity contribution in [2.45, 2.75) is 18.7 Å². The third-order valence-electron chi connectivity index (χ3n) is 4.62. The van der Waals surface area contributed by atoms with Gasteiger partial charge in [0.15, 0.2) is 5.75 Å². The van der Waals surface area contributed by atoms with Crippen molar-refractivity contribution in [1.29, 1.82) is 5.26 Å². The van der Waals surface area contributed by atoms with Crippen molar-refractivity contribution in [2.24, 2.45) is 0 Å². The van der Waals surface area contributed by atoms with Gasteiger partial charge in [0.25, 0.3) is 5.91 Å². The number of carbonyl (C=O) groups excluding carboxylic acids is 1. The topological polar surface area (TPSA) is 96.3 Å². The second kappa shape index (κ2) is 10.5. The van der Waals surface area contributed by atoms with E-state index in [4.69, 9.17) is 39.0 Å². The average molecular weight is 536 g/mol. The van der Waals surface area contributed by atoms with Crippen molar-refractivity contribution >= 4 is 62.6 Å². The Hall–Kier alpha value is -3.02. The van der Waals surface area contributed by atoms with E-state index in [0.717, 1.165) is 11.1 Å². The molecule has 0 spiro atoms. The second-order valence-electron chi connectivity index (χ2n) is 7.25.